The zero-order valence-corrected chi connectivity index (χ0v) is 17.1. The lowest BCUT2D eigenvalue weighted by Gasteiger charge is -2.32. The molecule has 1 unspecified atom stereocenters. The van der Waals surface area contributed by atoms with Gasteiger partial charge in [-0.15, -0.1) is 0 Å². The molecule has 1 aliphatic heterocycles. The summed E-state index contributed by atoms with van der Waals surface area (Å²) >= 11 is 0. The Labute approximate surface area is 178 Å². The average Bonchev–Trinajstić information content (AvgIpc) is 3.56. The van der Waals surface area contributed by atoms with Gasteiger partial charge in [0.05, 0.1) is 23.7 Å². The summed E-state index contributed by atoms with van der Waals surface area (Å²) in [6, 6.07) is 2.67. The van der Waals surface area contributed by atoms with E-state index in [0.717, 1.165) is 18.9 Å². The lowest BCUT2D eigenvalue weighted by molar-refractivity contribution is -0.123. The molecule has 159 valence electrons. The van der Waals surface area contributed by atoms with E-state index < -0.39 is 29.8 Å². The quantitative estimate of drug-likeness (QED) is 0.760. The van der Waals surface area contributed by atoms with Crippen LogP contribution in [-0.4, -0.2) is 23.0 Å². The fourth-order valence-corrected chi connectivity index (χ4v) is 4.09. The molecule has 4 rings (SSSR count). The number of pyridine rings is 1. The molecule has 1 saturated carbocycles. The monoisotopic (exact) mass is 423 g/mol. The van der Waals surface area contributed by atoms with Crippen molar-refractivity contribution in [3.05, 3.63) is 69.8 Å². The van der Waals surface area contributed by atoms with E-state index >= 15 is 0 Å². The van der Waals surface area contributed by atoms with Crippen molar-refractivity contribution < 1.29 is 18.4 Å². The lowest BCUT2D eigenvalue weighted by atomic mass is 9.80. The number of carbonyl (C=O) groups excluding carboxylic acids is 2. The van der Waals surface area contributed by atoms with Gasteiger partial charge in [-0.05, 0) is 61.5 Å². The zero-order chi connectivity index (χ0) is 22.3. The third-order valence-corrected chi connectivity index (χ3v) is 5.78. The summed E-state index contributed by atoms with van der Waals surface area (Å²) in [5.41, 5.74) is 2.30. The standard InChI is InChI=1S/C23H21F2N4O2/c1-11-15(8-19(30)28-12(2)22-17(25)7-13(9-26)10-27-22)23(31)29-18-6-5-16(24)21(20(11)18)14-3-4-14/h5-7,10,12,14,16H,3-4,8H2,1-2H3,(H,28,30)(H,29,31)/t12-,16?/m1/s1. The Kier molecular flexibility index (Phi) is 5.44. The number of nitrogens with one attached hydrogen (secondary N) is 2. The van der Waals surface area contributed by atoms with Crippen molar-refractivity contribution in [2.75, 3.05) is 0 Å². The molecule has 0 saturated heterocycles. The molecule has 2 aliphatic carbocycles. The minimum absolute atomic E-state index is 0.00168. The second-order valence-electron chi connectivity index (χ2n) is 8.01. The van der Waals surface area contributed by atoms with Gasteiger partial charge in [-0.2, -0.15) is 5.26 Å². The number of hydrogen-bond donors (Lipinski definition) is 2. The minimum atomic E-state index is -1.20. The second-order valence-corrected chi connectivity index (χ2v) is 8.01. The number of halogens is 2. The van der Waals surface area contributed by atoms with Gasteiger partial charge in [-0.25, -0.2) is 8.78 Å². The smallest absolute Gasteiger partial charge is 0.249 e. The molecular formula is C23H21F2N4O2. The highest BCUT2D eigenvalue weighted by Gasteiger charge is 2.41. The summed E-state index contributed by atoms with van der Waals surface area (Å²) in [5.74, 6) is -1.42. The predicted molar refractivity (Wildman–Crippen MR) is 108 cm³/mol. The van der Waals surface area contributed by atoms with Gasteiger partial charge in [-0.3, -0.25) is 14.6 Å². The highest BCUT2D eigenvalue weighted by molar-refractivity contribution is 6.03. The molecule has 0 aromatic carbocycles. The van der Waals surface area contributed by atoms with Crippen molar-refractivity contribution in [1.82, 2.24) is 15.6 Å². The molecule has 31 heavy (non-hydrogen) atoms. The number of nitriles is 1. The van der Waals surface area contributed by atoms with Crippen molar-refractivity contribution in [3.63, 3.8) is 0 Å². The van der Waals surface area contributed by atoms with Crippen LogP contribution in [0.25, 0.3) is 0 Å². The molecular weight excluding hydrogens is 402 g/mol. The van der Waals surface area contributed by atoms with Crippen LogP contribution in [0.1, 0.15) is 50.4 Å². The maximum atomic E-state index is 14.6. The molecule has 1 fully saturated rings. The molecule has 1 radical (unpaired) electrons. The van der Waals surface area contributed by atoms with Crippen LogP contribution in [-0.2, 0) is 9.59 Å². The van der Waals surface area contributed by atoms with Crippen LogP contribution in [0.4, 0.5) is 8.78 Å². The van der Waals surface area contributed by atoms with Gasteiger partial charge in [-0.1, -0.05) is 6.08 Å². The molecule has 6 nitrogen and oxygen atoms in total. The van der Waals surface area contributed by atoms with E-state index in [1.807, 2.05) is 0 Å². The molecule has 2 atom stereocenters. The minimum Gasteiger partial charge on any atom is -0.348 e. The Morgan fingerprint density at radius 1 is 1.45 bits per heavy atom. The highest BCUT2D eigenvalue weighted by atomic mass is 19.1. The van der Waals surface area contributed by atoms with E-state index in [2.05, 4.69) is 15.6 Å². The Hall–Kier alpha value is -3.34. The van der Waals surface area contributed by atoms with Gasteiger partial charge < -0.3 is 10.6 Å². The van der Waals surface area contributed by atoms with Crippen LogP contribution in [0, 0.1) is 29.1 Å². The summed E-state index contributed by atoms with van der Waals surface area (Å²) in [7, 11) is 0. The molecule has 0 bridgehead atoms. The van der Waals surface area contributed by atoms with Gasteiger partial charge in [0.25, 0.3) is 0 Å². The molecule has 2 heterocycles. The first-order valence-corrected chi connectivity index (χ1v) is 10.1. The lowest BCUT2D eigenvalue weighted by Crippen LogP contribution is -2.39. The van der Waals surface area contributed by atoms with Crippen molar-refractivity contribution >= 4 is 11.8 Å². The Bertz CT molecular complexity index is 1100. The molecule has 2 N–H and O–H groups in total. The molecule has 8 heteroatoms. The maximum absolute atomic E-state index is 14.6. The molecule has 1 aromatic heterocycles. The second kappa shape index (κ2) is 8.06. The molecule has 2 amide bonds. The molecule has 1 aromatic rings. The van der Waals surface area contributed by atoms with E-state index in [9.17, 15) is 18.4 Å². The van der Waals surface area contributed by atoms with Gasteiger partial charge >= 0.3 is 0 Å². The van der Waals surface area contributed by atoms with Gasteiger partial charge in [0.15, 0.2) is 0 Å². The Morgan fingerprint density at radius 2 is 2.19 bits per heavy atom. The molecule has 0 spiro atoms. The number of aromatic nitrogens is 1. The summed E-state index contributed by atoms with van der Waals surface area (Å²) < 4.78 is 28.8. The van der Waals surface area contributed by atoms with E-state index in [0.29, 0.717) is 22.8 Å². The van der Waals surface area contributed by atoms with Crippen molar-refractivity contribution in [2.45, 2.75) is 45.3 Å². The number of amides is 2. The highest BCUT2D eigenvalue weighted by Crippen LogP contribution is 2.47. The predicted octanol–water partition coefficient (Wildman–Crippen LogP) is 3.25. The fourth-order valence-electron chi connectivity index (χ4n) is 4.09. The van der Waals surface area contributed by atoms with Gasteiger partial charge in [0.1, 0.15) is 24.1 Å². The van der Waals surface area contributed by atoms with Crippen molar-refractivity contribution in [1.29, 1.82) is 5.26 Å². The number of carbonyl (C=O) groups is 2. The summed E-state index contributed by atoms with van der Waals surface area (Å²) in [4.78, 5) is 29.2. The first-order chi connectivity index (χ1) is 14.8. The first kappa shape index (κ1) is 20.9. The molecule has 3 aliphatic rings. The number of rotatable bonds is 5. The summed E-state index contributed by atoms with van der Waals surface area (Å²) in [6.45, 7) is 3.30. The summed E-state index contributed by atoms with van der Waals surface area (Å²) in [6.07, 6.45) is 4.65. The number of fused-ring (bicyclic) bond motifs is 1. The van der Waals surface area contributed by atoms with E-state index in [1.165, 1.54) is 12.3 Å². The van der Waals surface area contributed by atoms with Crippen LogP contribution < -0.4 is 10.6 Å². The van der Waals surface area contributed by atoms with Crippen molar-refractivity contribution in [2.24, 2.45) is 5.92 Å². The zero-order valence-electron chi connectivity index (χ0n) is 17.1. The van der Waals surface area contributed by atoms with Crippen LogP contribution in [0.5, 0.6) is 0 Å². The fraction of sp³-hybridized carbons (Fsp3) is 0.348. The van der Waals surface area contributed by atoms with Crippen molar-refractivity contribution in [3.8, 4) is 6.07 Å². The SMILES string of the molecule is CC1=C(CC(=O)N[C@H](C)c2ncc(C#N)cc2F)C(=O)N[C]2C=CC(F)C(C3CC3)=C21. The third-order valence-electron chi connectivity index (χ3n) is 5.78. The normalized spacial score (nSPS) is 22.0. The summed E-state index contributed by atoms with van der Waals surface area (Å²) in [5, 5.41) is 14.2. The topological polar surface area (TPSA) is 94.9 Å². The van der Waals surface area contributed by atoms with Gasteiger partial charge in [0, 0.05) is 11.8 Å². The average molecular weight is 423 g/mol. The van der Waals surface area contributed by atoms with E-state index in [-0.39, 0.29) is 29.2 Å². The number of nitrogens with zero attached hydrogens (tertiary/aromatic N) is 2. The number of hydrogen-bond acceptors (Lipinski definition) is 4. The largest absolute Gasteiger partial charge is 0.348 e. The first-order valence-electron chi connectivity index (χ1n) is 10.1. The maximum Gasteiger partial charge on any atom is 0.249 e. The van der Waals surface area contributed by atoms with Crippen LogP contribution in [0.3, 0.4) is 0 Å². The van der Waals surface area contributed by atoms with Crippen LogP contribution in [0.2, 0.25) is 0 Å². The van der Waals surface area contributed by atoms with E-state index in [4.69, 9.17) is 5.26 Å². The Morgan fingerprint density at radius 3 is 2.84 bits per heavy atom. The Balaban J connectivity index is 1.55. The third kappa shape index (κ3) is 4.00. The van der Waals surface area contributed by atoms with Crippen LogP contribution in [0.15, 0.2) is 46.7 Å². The van der Waals surface area contributed by atoms with Gasteiger partial charge in [0.2, 0.25) is 11.8 Å². The number of alkyl halides is 1. The van der Waals surface area contributed by atoms with Crippen LogP contribution >= 0.6 is 0 Å². The number of allylic oxidation sites excluding steroid dienone is 2. The van der Waals surface area contributed by atoms with E-state index in [1.54, 1.807) is 26.0 Å².